The van der Waals surface area contributed by atoms with E-state index in [2.05, 4.69) is 11.9 Å². The number of carbonyl (C=O) groups is 1. The van der Waals surface area contributed by atoms with Crippen molar-refractivity contribution in [2.75, 3.05) is 19.6 Å². The highest BCUT2D eigenvalue weighted by atomic mass is 16.2. The van der Waals surface area contributed by atoms with E-state index in [0.717, 1.165) is 19.6 Å². The predicted molar refractivity (Wildman–Crippen MR) is 44.2 cm³/mol. The highest BCUT2D eigenvalue weighted by Gasteiger charge is 2.20. The molecule has 1 saturated heterocycles. The number of nitrogens with one attached hydrogen (secondary N) is 1. The Morgan fingerprint density at radius 3 is 3.00 bits per heavy atom. The minimum absolute atomic E-state index is 0.136. The van der Waals surface area contributed by atoms with Crippen LogP contribution in [0.5, 0.6) is 0 Å². The van der Waals surface area contributed by atoms with Gasteiger partial charge in [-0.25, -0.2) is 0 Å². The van der Waals surface area contributed by atoms with Crippen LogP contribution in [-0.4, -0.2) is 36.5 Å². The lowest BCUT2D eigenvalue weighted by molar-refractivity contribution is -0.130. The minimum Gasteiger partial charge on any atom is -0.334 e. The zero-order valence-electron chi connectivity index (χ0n) is 6.84. The van der Waals surface area contributed by atoms with Crippen LogP contribution in [0.2, 0.25) is 0 Å². The van der Waals surface area contributed by atoms with Gasteiger partial charge in [-0.05, 0) is 0 Å². The second-order valence-electron chi connectivity index (χ2n) is 2.72. The van der Waals surface area contributed by atoms with Gasteiger partial charge < -0.3 is 10.2 Å². The molecule has 0 aromatic carbocycles. The van der Waals surface area contributed by atoms with Crippen molar-refractivity contribution in [3.63, 3.8) is 0 Å². The van der Waals surface area contributed by atoms with Crippen molar-refractivity contribution in [3.05, 3.63) is 12.7 Å². The lowest BCUT2D eigenvalue weighted by Gasteiger charge is -2.33. The first kappa shape index (κ1) is 8.27. The van der Waals surface area contributed by atoms with Crippen LogP contribution in [0, 0.1) is 0 Å². The van der Waals surface area contributed by atoms with Crippen LogP contribution in [0.4, 0.5) is 0 Å². The Bertz CT molecular complexity index is 167. The molecule has 62 valence electrons. The summed E-state index contributed by atoms with van der Waals surface area (Å²) in [5.74, 6) is 0.136. The predicted octanol–water partition coefficient (Wildman–Crippen LogP) is -0.00730. The van der Waals surface area contributed by atoms with Gasteiger partial charge in [-0.1, -0.05) is 6.08 Å². The smallest absolute Gasteiger partial charge is 0.220 e. The Balaban J connectivity index is 2.58. The van der Waals surface area contributed by atoms with Gasteiger partial charge in [0.2, 0.25) is 5.91 Å². The summed E-state index contributed by atoms with van der Waals surface area (Å²) in [6.07, 6.45) is 1.81. The second kappa shape index (κ2) is 3.53. The molecule has 0 aliphatic carbocycles. The number of amides is 1. The first-order chi connectivity index (χ1) is 5.25. The maximum atomic E-state index is 11.0. The topological polar surface area (TPSA) is 32.3 Å². The molecule has 3 nitrogen and oxygen atoms in total. The standard InChI is InChI=1S/C8H14N2O/c1-3-8-6-9-4-5-10(8)7(2)11/h3,8-9H,1,4-6H2,2H3. The quantitative estimate of drug-likeness (QED) is 0.539. The summed E-state index contributed by atoms with van der Waals surface area (Å²) in [5, 5.41) is 3.21. The van der Waals surface area contributed by atoms with E-state index in [-0.39, 0.29) is 11.9 Å². The number of hydrogen-bond acceptors (Lipinski definition) is 2. The Hall–Kier alpha value is -0.830. The van der Waals surface area contributed by atoms with Crippen LogP contribution in [0.15, 0.2) is 12.7 Å². The van der Waals surface area contributed by atoms with Crippen molar-refractivity contribution in [1.29, 1.82) is 0 Å². The van der Waals surface area contributed by atoms with Gasteiger partial charge in [0.1, 0.15) is 0 Å². The molecule has 1 heterocycles. The molecule has 0 bridgehead atoms. The lowest BCUT2D eigenvalue weighted by Crippen LogP contribution is -2.51. The number of piperazine rings is 1. The van der Waals surface area contributed by atoms with Crippen LogP contribution in [-0.2, 0) is 4.79 Å². The van der Waals surface area contributed by atoms with Gasteiger partial charge in [0, 0.05) is 26.6 Å². The summed E-state index contributed by atoms with van der Waals surface area (Å²) in [7, 11) is 0. The largest absolute Gasteiger partial charge is 0.334 e. The molecule has 0 saturated carbocycles. The van der Waals surface area contributed by atoms with Crippen molar-refractivity contribution in [1.82, 2.24) is 10.2 Å². The van der Waals surface area contributed by atoms with Gasteiger partial charge in [-0.15, -0.1) is 6.58 Å². The molecule has 1 aliphatic heterocycles. The molecule has 0 aromatic rings. The van der Waals surface area contributed by atoms with E-state index in [4.69, 9.17) is 0 Å². The van der Waals surface area contributed by atoms with Crippen LogP contribution in [0.3, 0.4) is 0 Å². The Labute approximate surface area is 67.1 Å². The van der Waals surface area contributed by atoms with Gasteiger partial charge in [-0.3, -0.25) is 4.79 Å². The Kier molecular flexibility index (Phi) is 2.65. The first-order valence-corrected chi connectivity index (χ1v) is 3.86. The van der Waals surface area contributed by atoms with Gasteiger partial charge in [0.05, 0.1) is 6.04 Å². The fourth-order valence-electron chi connectivity index (χ4n) is 1.33. The SMILES string of the molecule is C=CC1CNCCN1C(C)=O. The van der Waals surface area contributed by atoms with Crippen LogP contribution < -0.4 is 5.32 Å². The number of rotatable bonds is 1. The summed E-state index contributed by atoms with van der Waals surface area (Å²) in [6, 6.07) is 0.182. The Morgan fingerprint density at radius 1 is 1.82 bits per heavy atom. The van der Waals surface area contributed by atoms with Crippen LogP contribution in [0.1, 0.15) is 6.92 Å². The maximum absolute atomic E-state index is 11.0. The van der Waals surface area contributed by atoms with Crippen molar-refractivity contribution in [2.24, 2.45) is 0 Å². The van der Waals surface area contributed by atoms with Crippen molar-refractivity contribution < 1.29 is 4.79 Å². The molecule has 3 heteroatoms. The van der Waals surface area contributed by atoms with E-state index in [1.807, 2.05) is 11.0 Å². The van der Waals surface area contributed by atoms with Crippen LogP contribution in [0.25, 0.3) is 0 Å². The molecular weight excluding hydrogens is 140 g/mol. The average Bonchev–Trinajstić information content (AvgIpc) is 2.04. The molecule has 1 rings (SSSR count). The molecular formula is C8H14N2O. The average molecular weight is 154 g/mol. The first-order valence-electron chi connectivity index (χ1n) is 3.86. The van der Waals surface area contributed by atoms with Crippen molar-refractivity contribution in [2.45, 2.75) is 13.0 Å². The molecule has 1 unspecified atom stereocenters. The van der Waals surface area contributed by atoms with E-state index in [9.17, 15) is 4.79 Å². The summed E-state index contributed by atoms with van der Waals surface area (Å²) >= 11 is 0. The van der Waals surface area contributed by atoms with Crippen molar-refractivity contribution >= 4 is 5.91 Å². The zero-order valence-corrected chi connectivity index (χ0v) is 6.84. The highest BCUT2D eigenvalue weighted by Crippen LogP contribution is 2.03. The molecule has 1 aliphatic rings. The van der Waals surface area contributed by atoms with E-state index in [1.165, 1.54) is 0 Å². The zero-order chi connectivity index (χ0) is 8.27. The van der Waals surface area contributed by atoms with E-state index >= 15 is 0 Å². The van der Waals surface area contributed by atoms with E-state index in [0.29, 0.717) is 0 Å². The van der Waals surface area contributed by atoms with E-state index < -0.39 is 0 Å². The molecule has 1 atom stereocenters. The van der Waals surface area contributed by atoms with Gasteiger partial charge >= 0.3 is 0 Å². The summed E-state index contributed by atoms with van der Waals surface area (Å²) < 4.78 is 0. The molecule has 0 radical (unpaired) electrons. The summed E-state index contributed by atoms with van der Waals surface area (Å²) in [6.45, 7) is 7.81. The normalized spacial score (nSPS) is 24.8. The van der Waals surface area contributed by atoms with Crippen molar-refractivity contribution in [3.8, 4) is 0 Å². The maximum Gasteiger partial charge on any atom is 0.220 e. The minimum atomic E-state index is 0.136. The molecule has 1 N–H and O–H groups in total. The Morgan fingerprint density at radius 2 is 2.55 bits per heavy atom. The highest BCUT2D eigenvalue weighted by molar-refractivity contribution is 5.74. The molecule has 1 fully saturated rings. The van der Waals surface area contributed by atoms with Gasteiger partial charge in [-0.2, -0.15) is 0 Å². The number of hydrogen-bond donors (Lipinski definition) is 1. The third-order valence-electron chi connectivity index (χ3n) is 1.96. The molecule has 0 spiro atoms. The monoisotopic (exact) mass is 154 g/mol. The molecule has 11 heavy (non-hydrogen) atoms. The fraction of sp³-hybridized carbons (Fsp3) is 0.625. The van der Waals surface area contributed by atoms with Gasteiger partial charge in [0.25, 0.3) is 0 Å². The number of nitrogens with zero attached hydrogens (tertiary/aromatic N) is 1. The third-order valence-corrected chi connectivity index (χ3v) is 1.96. The molecule has 0 aromatic heterocycles. The third kappa shape index (κ3) is 1.80. The fourth-order valence-corrected chi connectivity index (χ4v) is 1.33. The summed E-state index contributed by atoms with van der Waals surface area (Å²) in [5.41, 5.74) is 0. The molecule has 1 amide bonds. The summed E-state index contributed by atoms with van der Waals surface area (Å²) in [4.78, 5) is 12.9. The van der Waals surface area contributed by atoms with Crippen LogP contribution >= 0.6 is 0 Å². The second-order valence-corrected chi connectivity index (χ2v) is 2.72. The number of carbonyl (C=O) groups excluding carboxylic acids is 1. The van der Waals surface area contributed by atoms with Gasteiger partial charge in [0.15, 0.2) is 0 Å². The van der Waals surface area contributed by atoms with E-state index in [1.54, 1.807) is 6.92 Å². The lowest BCUT2D eigenvalue weighted by atomic mass is 10.2.